The summed E-state index contributed by atoms with van der Waals surface area (Å²) in [6.45, 7) is 10.7. The Morgan fingerprint density at radius 3 is 2.70 bits per heavy atom. The molecule has 0 bridgehead atoms. The smallest absolute Gasteiger partial charge is 0.223 e. The highest BCUT2D eigenvalue weighted by atomic mass is 16.5. The molecule has 0 saturated carbocycles. The van der Waals surface area contributed by atoms with Crippen LogP contribution in [0.5, 0.6) is 5.75 Å². The Hall–Kier alpha value is -3.08. The fraction of sp³-hybridized carbons (Fsp3) is 0.360. The maximum atomic E-state index is 12.4. The topological polar surface area (TPSA) is 47.4 Å². The molecule has 1 aliphatic rings. The van der Waals surface area contributed by atoms with Gasteiger partial charge in [-0.25, -0.2) is 4.98 Å². The zero-order chi connectivity index (χ0) is 21.1. The zero-order valence-electron chi connectivity index (χ0n) is 17.8. The number of carbonyl (C=O) groups excluding carboxylic acids is 1. The van der Waals surface area contributed by atoms with E-state index in [2.05, 4.69) is 49.3 Å². The van der Waals surface area contributed by atoms with Crippen LogP contribution in [0.1, 0.15) is 35.7 Å². The van der Waals surface area contributed by atoms with Crippen LogP contribution >= 0.6 is 0 Å². The zero-order valence-corrected chi connectivity index (χ0v) is 17.8. The molecule has 0 aliphatic carbocycles. The van der Waals surface area contributed by atoms with Gasteiger partial charge in [0.15, 0.2) is 0 Å². The first-order valence-electron chi connectivity index (χ1n) is 10.6. The van der Waals surface area contributed by atoms with Crippen LogP contribution in [0.15, 0.2) is 55.1 Å². The van der Waals surface area contributed by atoms with Crippen molar-refractivity contribution >= 4 is 16.9 Å². The van der Waals surface area contributed by atoms with E-state index in [-0.39, 0.29) is 11.8 Å². The Bertz CT molecular complexity index is 1050. The van der Waals surface area contributed by atoms with Crippen LogP contribution < -0.4 is 4.74 Å². The quantitative estimate of drug-likeness (QED) is 0.407. The first kappa shape index (κ1) is 20.2. The fourth-order valence-corrected chi connectivity index (χ4v) is 4.34. The van der Waals surface area contributed by atoms with Crippen LogP contribution in [-0.4, -0.2) is 40.1 Å². The number of benzene rings is 2. The number of ether oxygens (including phenoxy) is 1. The molecule has 5 heteroatoms. The summed E-state index contributed by atoms with van der Waals surface area (Å²) in [5, 5.41) is 0. The fourth-order valence-electron chi connectivity index (χ4n) is 4.34. The predicted octanol–water partition coefficient (Wildman–Crippen LogP) is 4.62. The van der Waals surface area contributed by atoms with E-state index in [1.165, 1.54) is 0 Å². The number of hydrogen-bond acceptors (Lipinski definition) is 3. The molecule has 4 rings (SSSR count). The molecular formula is C25H29N3O2. The summed E-state index contributed by atoms with van der Waals surface area (Å²) in [5.41, 5.74) is 4.43. The Kier molecular flexibility index (Phi) is 5.88. The molecule has 1 atom stereocenters. The monoisotopic (exact) mass is 403 g/mol. The van der Waals surface area contributed by atoms with Gasteiger partial charge in [0.1, 0.15) is 11.6 Å². The van der Waals surface area contributed by atoms with Gasteiger partial charge in [-0.15, -0.1) is 6.58 Å². The van der Waals surface area contributed by atoms with Crippen molar-refractivity contribution in [2.45, 2.75) is 39.2 Å². The van der Waals surface area contributed by atoms with Gasteiger partial charge in [-0.1, -0.05) is 36.4 Å². The van der Waals surface area contributed by atoms with Gasteiger partial charge in [0.05, 0.1) is 17.6 Å². The van der Waals surface area contributed by atoms with Crippen molar-refractivity contribution < 1.29 is 9.53 Å². The number of aryl methyl sites for hydroxylation is 3. The van der Waals surface area contributed by atoms with Gasteiger partial charge in [-0.05, 0) is 43.5 Å². The Morgan fingerprint density at radius 2 is 1.93 bits per heavy atom. The van der Waals surface area contributed by atoms with Crippen LogP contribution in [0.25, 0.3) is 11.0 Å². The molecule has 0 unspecified atom stereocenters. The summed E-state index contributed by atoms with van der Waals surface area (Å²) >= 11 is 0. The molecule has 2 aromatic carbocycles. The summed E-state index contributed by atoms with van der Waals surface area (Å²) in [4.78, 5) is 19.1. The van der Waals surface area contributed by atoms with Crippen molar-refractivity contribution in [3.63, 3.8) is 0 Å². The average molecular weight is 404 g/mol. The van der Waals surface area contributed by atoms with Crippen LogP contribution in [0.4, 0.5) is 0 Å². The van der Waals surface area contributed by atoms with E-state index in [0.29, 0.717) is 26.1 Å². The molecule has 0 spiro atoms. The summed E-state index contributed by atoms with van der Waals surface area (Å²) in [6, 6.07) is 14.4. The molecule has 1 aliphatic heterocycles. The third kappa shape index (κ3) is 3.97. The van der Waals surface area contributed by atoms with E-state index in [1.54, 1.807) is 6.08 Å². The minimum atomic E-state index is 0.115. The summed E-state index contributed by atoms with van der Waals surface area (Å²) in [6.07, 6.45) is 3.17. The number of imidazole rings is 1. The third-order valence-corrected chi connectivity index (χ3v) is 5.79. The maximum Gasteiger partial charge on any atom is 0.223 e. The van der Waals surface area contributed by atoms with Crippen molar-refractivity contribution in [3.8, 4) is 5.75 Å². The molecule has 2 heterocycles. The van der Waals surface area contributed by atoms with E-state index >= 15 is 0 Å². The number of para-hydroxylation sites is 3. The Balaban J connectivity index is 1.51. The third-order valence-electron chi connectivity index (χ3n) is 5.79. The van der Waals surface area contributed by atoms with Crippen molar-refractivity contribution in [3.05, 3.63) is 72.1 Å². The Labute approximate surface area is 178 Å². The number of likely N-dealkylation sites (tertiary alicyclic amines) is 1. The molecule has 1 saturated heterocycles. The number of nitrogens with zero attached hydrogens (tertiary/aromatic N) is 3. The van der Waals surface area contributed by atoms with Gasteiger partial charge >= 0.3 is 0 Å². The van der Waals surface area contributed by atoms with Gasteiger partial charge in [0.2, 0.25) is 5.91 Å². The molecule has 0 N–H and O–H groups in total. The summed E-state index contributed by atoms with van der Waals surface area (Å²) in [7, 11) is 0. The van der Waals surface area contributed by atoms with E-state index in [1.807, 2.05) is 23.1 Å². The Morgan fingerprint density at radius 1 is 1.17 bits per heavy atom. The second-order valence-corrected chi connectivity index (χ2v) is 8.02. The van der Waals surface area contributed by atoms with Crippen LogP contribution in [0.2, 0.25) is 0 Å². The molecule has 5 nitrogen and oxygen atoms in total. The van der Waals surface area contributed by atoms with Crippen LogP contribution in [0.3, 0.4) is 0 Å². The molecular weight excluding hydrogens is 374 g/mol. The minimum absolute atomic E-state index is 0.115. The lowest BCUT2D eigenvalue weighted by molar-refractivity contribution is -0.127. The van der Waals surface area contributed by atoms with E-state index in [0.717, 1.165) is 46.7 Å². The number of carbonyl (C=O) groups is 1. The van der Waals surface area contributed by atoms with E-state index in [9.17, 15) is 4.79 Å². The van der Waals surface area contributed by atoms with E-state index < -0.39 is 0 Å². The number of hydrogen-bond donors (Lipinski definition) is 0. The lowest BCUT2D eigenvalue weighted by Crippen LogP contribution is -2.25. The average Bonchev–Trinajstić information content (AvgIpc) is 3.28. The lowest BCUT2D eigenvalue weighted by atomic mass is 10.1. The first-order chi connectivity index (χ1) is 14.6. The number of fused-ring (bicyclic) bond motifs is 1. The van der Waals surface area contributed by atoms with Crippen LogP contribution in [-0.2, 0) is 11.3 Å². The first-order valence-corrected chi connectivity index (χ1v) is 10.6. The highest BCUT2D eigenvalue weighted by Gasteiger charge is 2.33. The van der Waals surface area contributed by atoms with Gasteiger partial charge < -0.3 is 14.2 Å². The van der Waals surface area contributed by atoms with Gasteiger partial charge in [0, 0.05) is 32.0 Å². The van der Waals surface area contributed by atoms with Crippen molar-refractivity contribution in [2.24, 2.45) is 0 Å². The standard InChI is InChI=1S/C25H29N3O2/c1-4-13-27-17-20(16-23(27)29)25-26-21-11-5-6-12-22(21)28(25)14-8-15-30-24-18(2)9-7-10-19(24)3/h4-7,9-12,20H,1,8,13-17H2,2-3H3/t20-/m0/s1. The molecule has 156 valence electrons. The number of amides is 1. The molecule has 0 radical (unpaired) electrons. The SMILES string of the molecule is C=CCN1C[C@@H](c2nc3ccccc3n2CCCOc2c(C)cccc2C)CC1=O. The van der Waals surface area contributed by atoms with E-state index in [4.69, 9.17) is 9.72 Å². The molecule has 30 heavy (non-hydrogen) atoms. The second kappa shape index (κ2) is 8.74. The number of rotatable bonds is 8. The summed E-state index contributed by atoms with van der Waals surface area (Å²) in [5.74, 6) is 2.28. The summed E-state index contributed by atoms with van der Waals surface area (Å²) < 4.78 is 8.38. The molecule has 1 amide bonds. The normalized spacial score (nSPS) is 16.4. The van der Waals surface area contributed by atoms with Gasteiger partial charge in [-0.2, -0.15) is 0 Å². The predicted molar refractivity (Wildman–Crippen MR) is 120 cm³/mol. The van der Waals surface area contributed by atoms with Crippen molar-refractivity contribution in [1.29, 1.82) is 0 Å². The van der Waals surface area contributed by atoms with Gasteiger partial charge in [0.25, 0.3) is 0 Å². The maximum absolute atomic E-state index is 12.4. The number of aromatic nitrogens is 2. The molecule has 1 fully saturated rings. The van der Waals surface area contributed by atoms with Gasteiger partial charge in [-0.3, -0.25) is 4.79 Å². The minimum Gasteiger partial charge on any atom is -0.493 e. The van der Waals surface area contributed by atoms with Crippen molar-refractivity contribution in [2.75, 3.05) is 19.7 Å². The lowest BCUT2D eigenvalue weighted by Gasteiger charge is -2.16. The molecule has 1 aromatic heterocycles. The highest BCUT2D eigenvalue weighted by molar-refractivity contribution is 5.81. The second-order valence-electron chi connectivity index (χ2n) is 8.02. The highest BCUT2D eigenvalue weighted by Crippen LogP contribution is 2.30. The molecule has 3 aromatic rings. The largest absolute Gasteiger partial charge is 0.493 e. The van der Waals surface area contributed by atoms with Crippen LogP contribution in [0, 0.1) is 13.8 Å². The van der Waals surface area contributed by atoms with Crippen molar-refractivity contribution in [1.82, 2.24) is 14.5 Å².